The molecule has 0 saturated heterocycles. The van der Waals surface area contributed by atoms with Crippen LogP contribution in [0, 0.1) is 10.8 Å². The lowest BCUT2D eigenvalue weighted by Gasteiger charge is -2.06. The van der Waals surface area contributed by atoms with Crippen molar-refractivity contribution in [1.29, 1.82) is 0 Å². The predicted molar refractivity (Wildman–Crippen MR) is 62.0 cm³/mol. The minimum Gasteiger partial charge on any atom is -0.365 e. The smallest absolute Gasteiger partial charge is 0.149 e. The Labute approximate surface area is 95.3 Å². The fraction of sp³-hybridized carbons (Fsp3) is 0.636. The molecule has 3 nitrogen and oxygen atoms in total. The summed E-state index contributed by atoms with van der Waals surface area (Å²) in [5, 5.41) is 3.81. The zero-order chi connectivity index (χ0) is 11.3. The molecule has 82 valence electrons. The zero-order valence-electron chi connectivity index (χ0n) is 9.50. The molecule has 0 atom stereocenters. The Morgan fingerprint density at radius 2 is 1.80 bits per heavy atom. The Balaban J connectivity index is 2.12. The molecule has 0 spiro atoms. The van der Waals surface area contributed by atoms with Gasteiger partial charge in [0, 0.05) is 6.04 Å². The van der Waals surface area contributed by atoms with E-state index in [1.165, 1.54) is 6.20 Å². The van der Waals surface area contributed by atoms with E-state index in [0.29, 0.717) is 11.2 Å². The van der Waals surface area contributed by atoms with Crippen molar-refractivity contribution in [3.63, 3.8) is 0 Å². The molecule has 0 unspecified atom stereocenters. The van der Waals surface area contributed by atoms with Crippen LogP contribution < -0.4 is 5.32 Å². The molecule has 0 radical (unpaired) electrons. The average molecular weight is 226 g/mol. The molecule has 1 aromatic rings. The van der Waals surface area contributed by atoms with E-state index < -0.39 is 0 Å². The van der Waals surface area contributed by atoms with Crippen LogP contribution in [0.4, 0.5) is 5.82 Å². The zero-order valence-corrected chi connectivity index (χ0v) is 10.3. The minimum atomic E-state index is 0.289. The van der Waals surface area contributed by atoms with Crippen molar-refractivity contribution in [2.45, 2.75) is 33.7 Å². The Morgan fingerprint density at radius 1 is 1.20 bits per heavy atom. The molecule has 0 aliphatic heterocycles. The molecular formula is C11H16ClN3. The van der Waals surface area contributed by atoms with Crippen molar-refractivity contribution in [3.8, 4) is 0 Å². The second kappa shape index (κ2) is 3.08. The van der Waals surface area contributed by atoms with Gasteiger partial charge in [-0.1, -0.05) is 39.3 Å². The van der Waals surface area contributed by atoms with Gasteiger partial charge in [-0.2, -0.15) is 0 Å². The van der Waals surface area contributed by atoms with Gasteiger partial charge in [-0.05, 0) is 10.8 Å². The van der Waals surface area contributed by atoms with E-state index in [-0.39, 0.29) is 10.8 Å². The molecule has 1 N–H and O–H groups in total. The number of rotatable bonds is 2. The molecule has 0 aromatic carbocycles. The summed E-state index contributed by atoms with van der Waals surface area (Å²) in [5.41, 5.74) is 0.577. The Bertz CT molecular complexity index is 373. The topological polar surface area (TPSA) is 37.8 Å². The molecule has 1 aliphatic carbocycles. The highest BCUT2D eigenvalue weighted by Crippen LogP contribution is 2.63. The van der Waals surface area contributed by atoms with Crippen molar-refractivity contribution < 1.29 is 0 Å². The molecule has 1 aliphatic rings. The van der Waals surface area contributed by atoms with Crippen LogP contribution in [-0.4, -0.2) is 16.0 Å². The number of aromatic nitrogens is 2. The number of halogens is 1. The summed E-state index contributed by atoms with van der Waals surface area (Å²) in [7, 11) is 0. The van der Waals surface area contributed by atoms with Gasteiger partial charge in [-0.25, -0.2) is 4.98 Å². The van der Waals surface area contributed by atoms with Crippen molar-refractivity contribution in [1.82, 2.24) is 9.97 Å². The number of nitrogens with one attached hydrogen (secondary N) is 1. The molecule has 0 bridgehead atoms. The number of hydrogen-bond acceptors (Lipinski definition) is 3. The number of nitrogens with zero attached hydrogens (tertiary/aromatic N) is 2. The van der Waals surface area contributed by atoms with Crippen LogP contribution in [0.2, 0.25) is 5.15 Å². The Hall–Kier alpha value is -0.830. The molecule has 0 amide bonds. The van der Waals surface area contributed by atoms with Crippen LogP contribution in [0.25, 0.3) is 0 Å². The van der Waals surface area contributed by atoms with Crippen LogP contribution in [0.5, 0.6) is 0 Å². The summed E-state index contributed by atoms with van der Waals surface area (Å²) >= 11 is 5.78. The van der Waals surface area contributed by atoms with E-state index in [1.54, 1.807) is 6.20 Å². The quantitative estimate of drug-likeness (QED) is 0.841. The van der Waals surface area contributed by atoms with E-state index in [2.05, 4.69) is 43.0 Å². The van der Waals surface area contributed by atoms with Crippen LogP contribution in [0.3, 0.4) is 0 Å². The van der Waals surface area contributed by atoms with Gasteiger partial charge in [0.2, 0.25) is 0 Å². The lowest BCUT2D eigenvalue weighted by Crippen LogP contribution is -2.11. The molecule has 15 heavy (non-hydrogen) atoms. The number of anilines is 1. The second-order valence-electron chi connectivity index (χ2n) is 5.25. The largest absolute Gasteiger partial charge is 0.365 e. The Kier molecular flexibility index (Phi) is 2.19. The van der Waals surface area contributed by atoms with Crippen LogP contribution in [-0.2, 0) is 0 Å². The van der Waals surface area contributed by atoms with Gasteiger partial charge < -0.3 is 5.32 Å². The van der Waals surface area contributed by atoms with Crippen LogP contribution in [0.1, 0.15) is 27.7 Å². The predicted octanol–water partition coefficient (Wildman–Crippen LogP) is 2.98. The van der Waals surface area contributed by atoms with Crippen molar-refractivity contribution in [2.24, 2.45) is 10.8 Å². The summed E-state index contributed by atoms with van der Waals surface area (Å²) in [5.74, 6) is 0.756. The highest BCUT2D eigenvalue weighted by Gasteiger charge is 2.65. The van der Waals surface area contributed by atoms with Crippen LogP contribution >= 0.6 is 11.6 Å². The van der Waals surface area contributed by atoms with Crippen molar-refractivity contribution in [3.05, 3.63) is 17.5 Å². The molecule has 1 heterocycles. The van der Waals surface area contributed by atoms with E-state index in [0.717, 1.165) is 5.82 Å². The lowest BCUT2D eigenvalue weighted by molar-refractivity contribution is 0.457. The van der Waals surface area contributed by atoms with E-state index in [1.807, 2.05) is 0 Å². The standard InChI is InChI=1S/C11H16ClN3/c1-10(2)9(11(10,3)4)15-8-6-13-5-7(12)14-8/h5-6,9H,1-4H3,(H,14,15). The molecule has 1 saturated carbocycles. The fourth-order valence-corrected chi connectivity index (χ4v) is 2.26. The first-order valence-corrected chi connectivity index (χ1v) is 5.47. The monoisotopic (exact) mass is 225 g/mol. The van der Waals surface area contributed by atoms with Gasteiger partial charge in [0.1, 0.15) is 11.0 Å². The SMILES string of the molecule is CC1(C)C(Nc2cncc(Cl)n2)C1(C)C. The third kappa shape index (κ3) is 1.59. The summed E-state index contributed by atoms with van der Waals surface area (Å²) < 4.78 is 0. The molecule has 1 aromatic heterocycles. The van der Waals surface area contributed by atoms with Crippen molar-refractivity contribution in [2.75, 3.05) is 5.32 Å². The fourth-order valence-electron chi connectivity index (χ4n) is 2.12. The third-order valence-electron chi connectivity index (χ3n) is 3.92. The maximum atomic E-state index is 5.78. The summed E-state index contributed by atoms with van der Waals surface area (Å²) in [6, 6.07) is 0.428. The number of hydrogen-bond donors (Lipinski definition) is 1. The Morgan fingerprint density at radius 3 is 2.27 bits per heavy atom. The third-order valence-corrected chi connectivity index (χ3v) is 4.10. The first-order chi connectivity index (χ1) is 6.85. The highest BCUT2D eigenvalue weighted by atomic mass is 35.5. The lowest BCUT2D eigenvalue weighted by atomic mass is 10.0. The van der Waals surface area contributed by atoms with Gasteiger partial charge in [-0.15, -0.1) is 0 Å². The maximum Gasteiger partial charge on any atom is 0.149 e. The second-order valence-corrected chi connectivity index (χ2v) is 5.64. The average Bonchev–Trinajstić information content (AvgIpc) is 2.48. The van der Waals surface area contributed by atoms with E-state index >= 15 is 0 Å². The van der Waals surface area contributed by atoms with E-state index in [9.17, 15) is 0 Å². The van der Waals surface area contributed by atoms with Crippen molar-refractivity contribution >= 4 is 17.4 Å². The first kappa shape index (κ1) is 10.7. The van der Waals surface area contributed by atoms with Gasteiger partial charge in [-0.3, -0.25) is 4.98 Å². The first-order valence-electron chi connectivity index (χ1n) is 5.10. The molecule has 2 rings (SSSR count). The summed E-state index contributed by atoms with van der Waals surface area (Å²) in [6.45, 7) is 9.01. The van der Waals surface area contributed by atoms with Gasteiger partial charge >= 0.3 is 0 Å². The molecule has 4 heteroatoms. The van der Waals surface area contributed by atoms with E-state index in [4.69, 9.17) is 11.6 Å². The summed E-state index contributed by atoms with van der Waals surface area (Å²) in [4.78, 5) is 8.18. The highest BCUT2D eigenvalue weighted by molar-refractivity contribution is 6.29. The van der Waals surface area contributed by atoms with Gasteiger partial charge in [0.15, 0.2) is 0 Å². The normalized spacial score (nSPS) is 22.5. The van der Waals surface area contributed by atoms with Gasteiger partial charge in [0.05, 0.1) is 12.4 Å². The maximum absolute atomic E-state index is 5.78. The molecule has 1 fully saturated rings. The van der Waals surface area contributed by atoms with Crippen LogP contribution in [0.15, 0.2) is 12.4 Å². The summed E-state index contributed by atoms with van der Waals surface area (Å²) in [6.07, 6.45) is 3.24. The van der Waals surface area contributed by atoms with Gasteiger partial charge in [0.25, 0.3) is 0 Å². The molecular weight excluding hydrogens is 210 g/mol. The minimum absolute atomic E-state index is 0.289.